The van der Waals surface area contributed by atoms with E-state index in [2.05, 4.69) is 0 Å². The highest BCUT2D eigenvalue weighted by molar-refractivity contribution is 5.17. The Labute approximate surface area is 118 Å². The highest BCUT2D eigenvalue weighted by Gasteiger charge is 2.29. The molecule has 1 fully saturated rings. The molecule has 0 N–H and O–H groups in total. The topological polar surface area (TPSA) is 18.5 Å². The van der Waals surface area contributed by atoms with E-state index >= 15 is 0 Å². The minimum Gasteiger partial charge on any atom is -0.382 e. The van der Waals surface area contributed by atoms with Crippen molar-refractivity contribution in [1.82, 2.24) is 0 Å². The van der Waals surface area contributed by atoms with E-state index in [0.717, 1.165) is 38.6 Å². The second kappa shape index (κ2) is 11.7. The summed E-state index contributed by atoms with van der Waals surface area (Å²) in [5.74, 6) is 0. The molecule has 1 saturated heterocycles. The van der Waals surface area contributed by atoms with Crippen molar-refractivity contribution in [3.8, 4) is 0 Å². The molecule has 0 unspecified atom stereocenters. The highest BCUT2D eigenvalue weighted by Crippen LogP contribution is 2.28. The van der Waals surface area contributed by atoms with Crippen molar-refractivity contribution in [3.05, 3.63) is 35.9 Å². The summed E-state index contributed by atoms with van der Waals surface area (Å²) < 4.78 is 45.1. The summed E-state index contributed by atoms with van der Waals surface area (Å²) in [5, 5.41) is 0. The zero-order valence-corrected chi connectivity index (χ0v) is 12.1. The van der Waals surface area contributed by atoms with E-state index in [0.29, 0.717) is 0 Å². The van der Waals surface area contributed by atoms with Crippen molar-refractivity contribution in [1.29, 1.82) is 0 Å². The van der Waals surface area contributed by atoms with Crippen LogP contribution >= 0.6 is 0 Å². The molecule has 0 saturated carbocycles. The number of hydrogen-bond donors (Lipinski definition) is 0. The van der Waals surface area contributed by atoms with Gasteiger partial charge in [0.1, 0.15) is 0 Å². The van der Waals surface area contributed by atoms with Gasteiger partial charge in [-0.15, -0.1) is 0 Å². The molecule has 0 amide bonds. The Bertz CT molecular complexity index is 299. The second-order valence-electron chi connectivity index (χ2n) is 3.96. The molecule has 5 heteroatoms. The van der Waals surface area contributed by atoms with Crippen LogP contribution in [0.3, 0.4) is 0 Å². The van der Waals surface area contributed by atoms with Gasteiger partial charge in [-0.2, -0.15) is 13.2 Å². The molecule has 0 bridgehead atoms. The van der Waals surface area contributed by atoms with E-state index in [9.17, 15) is 13.2 Å². The first kappa shape index (κ1) is 18.9. The summed E-state index contributed by atoms with van der Waals surface area (Å²) in [4.78, 5) is 0. The van der Waals surface area contributed by atoms with Gasteiger partial charge in [0, 0.05) is 26.4 Å². The Morgan fingerprint density at radius 1 is 1.00 bits per heavy atom. The normalized spacial score (nSPS) is 13.8. The lowest BCUT2D eigenvalue weighted by Crippen LogP contribution is -2.03. The van der Waals surface area contributed by atoms with Gasteiger partial charge in [-0.1, -0.05) is 30.3 Å². The fourth-order valence-electron chi connectivity index (χ4n) is 1.34. The van der Waals surface area contributed by atoms with Gasteiger partial charge >= 0.3 is 6.18 Å². The average Bonchev–Trinajstić information content (AvgIpc) is 3.00. The smallest absolute Gasteiger partial charge is 0.382 e. The summed E-state index contributed by atoms with van der Waals surface area (Å²) in [6.45, 7) is 7.67. The second-order valence-corrected chi connectivity index (χ2v) is 3.96. The molecule has 1 aliphatic heterocycles. The van der Waals surface area contributed by atoms with Crippen molar-refractivity contribution in [2.75, 3.05) is 26.4 Å². The largest absolute Gasteiger partial charge is 0.416 e. The fraction of sp³-hybridized carbons (Fsp3) is 0.600. The number of benzene rings is 1. The van der Waals surface area contributed by atoms with Gasteiger partial charge in [-0.25, -0.2) is 0 Å². The molecule has 1 aromatic carbocycles. The van der Waals surface area contributed by atoms with Crippen molar-refractivity contribution in [2.24, 2.45) is 0 Å². The van der Waals surface area contributed by atoms with Crippen LogP contribution in [-0.4, -0.2) is 26.4 Å². The van der Waals surface area contributed by atoms with E-state index in [-0.39, 0.29) is 0 Å². The van der Waals surface area contributed by atoms with Gasteiger partial charge in [0.15, 0.2) is 0 Å². The number of hydrogen-bond acceptors (Lipinski definition) is 2. The minimum atomic E-state index is -4.21. The van der Waals surface area contributed by atoms with Crippen LogP contribution in [0.1, 0.15) is 32.3 Å². The van der Waals surface area contributed by atoms with Crippen LogP contribution in [0.2, 0.25) is 0 Å². The Hall–Kier alpha value is -1.07. The Kier molecular flexibility index (Phi) is 11.1. The summed E-state index contributed by atoms with van der Waals surface area (Å²) in [6, 6.07) is 6.36. The van der Waals surface area contributed by atoms with Gasteiger partial charge in [0.2, 0.25) is 0 Å². The summed E-state index contributed by atoms with van der Waals surface area (Å²) in [6.07, 6.45) is -1.65. The summed E-state index contributed by atoms with van der Waals surface area (Å²) in [7, 11) is 0. The molecule has 1 aliphatic rings. The third kappa shape index (κ3) is 10.8. The lowest BCUT2D eigenvalue weighted by atomic mass is 10.2. The zero-order valence-electron chi connectivity index (χ0n) is 12.1. The molecule has 2 rings (SSSR count). The predicted octanol–water partition coefficient (Wildman–Crippen LogP) is 4.55. The maximum Gasteiger partial charge on any atom is 0.416 e. The first-order chi connectivity index (χ1) is 9.52. The third-order valence-corrected chi connectivity index (χ3v) is 2.34. The standard InChI is InChI=1S/C7H5F3.C4H8O.C4H10O/c8-7(9,10)6-4-2-1-3-5-6;1-2-4-5-3-1;1-3-5-4-2/h1-5H;1-4H2;3-4H2,1-2H3. The molecule has 0 atom stereocenters. The van der Waals surface area contributed by atoms with Crippen LogP contribution in [0.15, 0.2) is 30.3 Å². The number of ether oxygens (including phenoxy) is 2. The van der Waals surface area contributed by atoms with Crippen molar-refractivity contribution in [3.63, 3.8) is 0 Å². The van der Waals surface area contributed by atoms with Crippen molar-refractivity contribution < 1.29 is 22.6 Å². The molecular weight excluding hydrogens is 269 g/mol. The van der Waals surface area contributed by atoms with E-state index in [1.54, 1.807) is 6.07 Å². The molecule has 0 aromatic heterocycles. The van der Waals surface area contributed by atoms with E-state index in [1.807, 2.05) is 13.8 Å². The summed E-state index contributed by atoms with van der Waals surface area (Å²) >= 11 is 0. The minimum absolute atomic E-state index is 0.602. The highest BCUT2D eigenvalue weighted by atomic mass is 19.4. The van der Waals surface area contributed by atoms with Crippen LogP contribution < -0.4 is 0 Å². The molecule has 0 aliphatic carbocycles. The number of halogens is 3. The lowest BCUT2D eigenvalue weighted by molar-refractivity contribution is -0.137. The third-order valence-electron chi connectivity index (χ3n) is 2.34. The van der Waals surface area contributed by atoms with Crippen molar-refractivity contribution in [2.45, 2.75) is 32.9 Å². The first-order valence-electron chi connectivity index (χ1n) is 6.80. The monoisotopic (exact) mass is 292 g/mol. The maximum absolute atomic E-state index is 11.8. The van der Waals surface area contributed by atoms with Crippen LogP contribution in [0, 0.1) is 0 Å². The zero-order chi connectivity index (χ0) is 15.3. The average molecular weight is 292 g/mol. The quantitative estimate of drug-likeness (QED) is 0.796. The first-order valence-corrected chi connectivity index (χ1v) is 6.80. The molecule has 2 nitrogen and oxygen atoms in total. The molecule has 0 spiro atoms. The lowest BCUT2D eigenvalue weighted by Gasteiger charge is -2.03. The fourth-order valence-corrected chi connectivity index (χ4v) is 1.34. The van der Waals surface area contributed by atoms with Gasteiger partial charge in [-0.05, 0) is 26.7 Å². The van der Waals surface area contributed by atoms with Gasteiger partial charge in [0.25, 0.3) is 0 Å². The number of alkyl halides is 3. The van der Waals surface area contributed by atoms with E-state index in [1.165, 1.54) is 25.0 Å². The molecular formula is C15H23F3O2. The Balaban J connectivity index is 0.000000304. The maximum atomic E-state index is 11.8. The molecule has 1 heterocycles. The van der Waals surface area contributed by atoms with Crippen molar-refractivity contribution >= 4 is 0 Å². The van der Waals surface area contributed by atoms with E-state index in [4.69, 9.17) is 9.47 Å². The summed E-state index contributed by atoms with van der Waals surface area (Å²) in [5.41, 5.74) is -0.602. The molecule has 116 valence electrons. The number of rotatable bonds is 2. The Morgan fingerprint density at radius 3 is 1.70 bits per heavy atom. The van der Waals surface area contributed by atoms with Gasteiger partial charge < -0.3 is 9.47 Å². The predicted molar refractivity (Wildman–Crippen MR) is 73.7 cm³/mol. The van der Waals surface area contributed by atoms with Gasteiger partial charge in [-0.3, -0.25) is 0 Å². The molecule has 1 aromatic rings. The van der Waals surface area contributed by atoms with Gasteiger partial charge in [0.05, 0.1) is 5.56 Å². The van der Waals surface area contributed by atoms with Crippen LogP contribution in [0.5, 0.6) is 0 Å². The molecule has 0 radical (unpaired) electrons. The SMILES string of the molecule is C1CCOC1.CCOCC.FC(F)(F)c1ccccc1. The van der Waals surface area contributed by atoms with E-state index < -0.39 is 11.7 Å². The molecule has 20 heavy (non-hydrogen) atoms. The van der Waals surface area contributed by atoms with Crippen LogP contribution in [-0.2, 0) is 15.7 Å². The van der Waals surface area contributed by atoms with Crippen LogP contribution in [0.4, 0.5) is 13.2 Å². The Morgan fingerprint density at radius 2 is 1.50 bits per heavy atom. The van der Waals surface area contributed by atoms with Crippen LogP contribution in [0.25, 0.3) is 0 Å².